The van der Waals surface area contributed by atoms with Crippen LogP contribution in [-0.4, -0.2) is 73.8 Å². The van der Waals surface area contributed by atoms with E-state index in [9.17, 15) is 4.79 Å². The Morgan fingerprint density at radius 1 is 1.14 bits per heavy atom. The Hall–Kier alpha value is -1.55. The van der Waals surface area contributed by atoms with Gasteiger partial charge in [-0.1, -0.05) is 24.3 Å². The smallest absolute Gasteiger partial charge is 0.410 e. The normalized spacial score (nSPS) is 15.5. The van der Waals surface area contributed by atoms with E-state index < -0.39 is 5.60 Å². The van der Waals surface area contributed by atoms with Crippen LogP contribution in [0, 0.1) is 6.92 Å². The van der Waals surface area contributed by atoms with Crippen molar-refractivity contribution in [2.45, 2.75) is 39.8 Å². The van der Waals surface area contributed by atoms with Crippen LogP contribution in [0.5, 0.6) is 0 Å². The van der Waals surface area contributed by atoms with Crippen molar-refractivity contribution < 1.29 is 9.53 Å². The van der Waals surface area contributed by atoms with Gasteiger partial charge in [0.2, 0.25) is 0 Å². The summed E-state index contributed by atoms with van der Waals surface area (Å²) in [6, 6.07) is 8.34. The Balaban J connectivity index is 0.00000420. The highest BCUT2D eigenvalue weighted by atomic mass is 127. The fourth-order valence-electron chi connectivity index (χ4n) is 3.02. The number of ether oxygens (including phenoxy) is 1. The van der Waals surface area contributed by atoms with Crippen LogP contribution >= 0.6 is 24.0 Å². The molecule has 0 radical (unpaired) electrons. The molecule has 1 aliphatic rings. The van der Waals surface area contributed by atoms with E-state index in [0.717, 1.165) is 38.7 Å². The van der Waals surface area contributed by atoms with Crippen LogP contribution < -0.4 is 10.6 Å². The van der Waals surface area contributed by atoms with Crippen LogP contribution in [0.4, 0.5) is 4.79 Å². The quantitative estimate of drug-likeness (QED) is 0.357. The van der Waals surface area contributed by atoms with E-state index in [1.54, 1.807) is 11.9 Å². The molecule has 0 spiro atoms. The Labute approximate surface area is 192 Å². The third-order valence-electron chi connectivity index (χ3n) is 4.68. The SMILES string of the molecule is CN=C(NCCN1CCN(C(=O)OC(C)(C)C)CC1)NCc1ccccc1C.I. The van der Waals surface area contributed by atoms with Crippen molar-refractivity contribution in [3.8, 4) is 0 Å². The second-order valence-corrected chi connectivity index (χ2v) is 8.09. The van der Waals surface area contributed by atoms with Gasteiger partial charge in [0, 0.05) is 52.9 Å². The van der Waals surface area contributed by atoms with Crippen molar-refractivity contribution >= 4 is 36.0 Å². The average Bonchev–Trinajstić information content (AvgIpc) is 2.65. The fourth-order valence-corrected chi connectivity index (χ4v) is 3.02. The van der Waals surface area contributed by atoms with Crippen molar-refractivity contribution in [1.29, 1.82) is 0 Å². The Morgan fingerprint density at radius 2 is 1.79 bits per heavy atom. The van der Waals surface area contributed by atoms with Crippen LogP contribution in [0.2, 0.25) is 0 Å². The lowest BCUT2D eigenvalue weighted by atomic mass is 10.1. The van der Waals surface area contributed by atoms with E-state index >= 15 is 0 Å². The number of carbonyl (C=O) groups excluding carboxylic acids is 1. The maximum atomic E-state index is 12.1. The zero-order valence-corrected chi connectivity index (χ0v) is 20.7. The first-order valence-corrected chi connectivity index (χ1v) is 9.98. The zero-order valence-electron chi connectivity index (χ0n) is 18.3. The summed E-state index contributed by atoms with van der Waals surface area (Å²) in [6.07, 6.45) is -0.217. The van der Waals surface area contributed by atoms with Gasteiger partial charge in [0.1, 0.15) is 5.60 Å². The summed E-state index contributed by atoms with van der Waals surface area (Å²) >= 11 is 0. The number of hydrogen-bond donors (Lipinski definition) is 2. The molecule has 1 aromatic carbocycles. The predicted octanol–water partition coefficient (Wildman–Crippen LogP) is 2.83. The van der Waals surface area contributed by atoms with Crippen LogP contribution in [-0.2, 0) is 11.3 Å². The summed E-state index contributed by atoms with van der Waals surface area (Å²) in [7, 11) is 1.78. The molecule has 0 aromatic heterocycles. The van der Waals surface area contributed by atoms with Crippen LogP contribution in [0.15, 0.2) is 29.3 Å². The first-order chi connectivity index (χ1) is 13.3. The number of hydrogen-bond acceptors (Lipinski definition) is 4. The number of nitrogens with zero attached hydrogens (tertiary/aromatic N) is 3. The topological polar surface area (TPSA) is 69.2 Å². The molecule has 0 saturated carbocycles. The highest BCUT2D eigenvalue weighted by Gasteiger charge is 2.25. The number of amides is 1. The number of nitrogens with one attached hydrogen (secondary N) is 2. The first-order valence-electron chi connectivity index (χ1n) is 9.98. The third-order valence-corrected chi connectivity index (χ3v) is 4.68. The van der Waals surface area contributed by atoms with E-state index in [-0.39, 0.29) is 30.1 Å². The molecule has 1 aliphatic heterocycles. The van der Waals surface area contributed by atoms with Crippen molar-refractivity contribution in [1.82, 2.24) is 20.4 Å². The Kier molecular flexibility index (Phi) is 10.7. The van der Waals surface area contributed by atoms with Crippen LogP contribution in [0.3, 0.4) is 0 Å². The zero-order chi connectivity index (χ0) is 20.6. The average molecular weight is 517 g/mol. The molecule has 1 amide bonds. The van der Waals surface area contributed by atoms with Gasteiger partial charge in [0.15, 0.2) is 5.96 Å². The first kappa shape index (κ1) is 25.5. The van der Waals surface area contributed by atoms with E-state index in [1.807, 2.05) is 20.8 Å². The number of aryl methyl sites for hydroxylation is 1. The highest BCUT2D eigenvalue weighted by Crippen LogP contribution is 2.11. The lowest BCUT2D eigenvalue weighted by molar-refractivity contribution is 0.0147. The molecule has 2 N–H and O–H groups in total. The summed E-state index contributed by atoms with van der Waals surface area (Å²) in [5.74, 6) is 0.802. The predicted molar refractivity (Wildman–Crippen MR) is 129 cm³/mol. The Bertz CT molecular complexity index is 667. The molecule has 0 unspecified atom stereocenters. The number of aliphatic imine (C=N–C) groups is 1. The lowest BCUT2D eigenvalue weighted by Gasteiger charge is -2.35. The molecule has 29 heavy (non-hydrogen) atoms. The summed E-state index contributed by atoms with van der Waals surface area (Å²) in [4.78, 5) is 20.6. The number of guanidine groups is 1. The molecular formula is C21H36IN5O2. The summed E-state index contributed by atoms with van der Waals surface area (Å²) in [5, 5.41) is 6.72. The lowest BCUT2D eigenvalue weighted by Crippen LogP contribution is -2.51. The Morgan fingerprint density at radius 3 is 2.38 bits per heavy atom. The van der Waals surface area contributed by atoms with E-state index in [4.69, 9.17) is 4.74 Å². The maximum Gasteiger partial charge on any atom is 0.410 e. The highest BCUT2D eigenvalue weighted by molar-refractivity contribution is 14.0. The molecule has 1 saturated heterocycles. The van der Waals surface area contributed by atoms with E-state index in [0.29, 0.717) is 13.1 Å². The summed E-state index contributed by atoms with van der Waals surface area (Å²) in [5.41, 5.74) is 2.09. The summed E-state index contributed by atoms with van der Waals surface area (Å²) in [6.45, 7) is 13.4. The molecule has 0 aliphatic carbocycles. The standard InChI is InChI=1S/C21H35N5O2.HI/c1-17-8-6-7-9-18(17)16-24-19(22-5)23-10-11-25-12-14-26(15-13-25)20(27)28-21(2,3)4;/h6-9H,10-16H2,1-5H3,(H2,22,23,24);1H. The molecule has 164 valence electrons. The van der Waals surface area contributed by atoms with Gasteiger partial charge < -0.3 is 20.3 Å². The van der Waals surface area contributed by atoms with E-state index in [1.165, 1.54) is 11.1 Å². The van der Waals surface area contributed by atoms with Gasteiger partial charge in [0.25, 0.3) is 0 Å². The van der Waals surface area contributed by atoms with Gasteiger partial charge in [-0.3, -0.25) is 9.89 Å². The minimum absolute atomic E-state index is 0. The molecule has 1 aromatic rings. The molecule has 1 fully saturated rings. The van der Waals surface area contributed by atoms with Gasteiger partial charge in [-0.25, -0.2) is 4.79 Å². The molecule has 0 bridgehead atoms. The largest absolute Gasteiger partial charge is 0.444 e. The van der Waals surface area contributed by atoms with Crippen LogP contribution in [0.25, 0.3) is 0 Å². The molecule has 1 heterocycles. The molecule has 7 nitrogen and oxygen atoms in total. The number of carbonyl (C=O) groups is 1. The minimum Gasteiger partial charge on any atom is -0.444 e. The third kappa shape index (κ3) is 9.20. The van der Waals surface area contributed by atoms with Gasteiger partial charge in [0.05, 0.1) is 0 Å². The number of benzene rings is 1. The van der Waals surface area contributed by atoms with Crippen molar-refractivity contribution in [2.24, 2.45) is 4.99 Å². The summed E-state index contributed by atoms with van der Waals surface area (Å²) < 4.78 is 5.44. The van der Waals surface area contributed by atoms with Gasteiger partial charge in [-0.15, -0.1) is 24.0 Å². The monoisotopic (exact) mass is 517 g/mol. The maximum absolute atomic E-state index is 12.1. The molecule has 8 heteroatoms. The number of halogens is 1. The number of piperazine rings is 1. The second-order valence-electron chi connectivity index (χ2n) is 8.09. The molecule has 2 rings (SSSR count). The van der Waals surface area contributed by atoms with E-state index in [2.05, 4.69) is 51.7 Å². The van der Waals surface area contributed by atoms with Crippen molar-refractivity contribution in [2.75, 3.05) is 46.3 Å². The molecule has 0 atom stereocenters. The second kappa shape index (κ2) is 12.2. The fraction of sp³-hybridized carbons (Fsp3) is 0.619. The van der Waals surface area contributed by atoms with Gasteiger partial charge >= 0.3 is 6.09 Å². The van der Waals surface area contributed by atoms with Crippen molar-refractivity contribution in [3.63, 3.8) is 0 Å². The van der Waals surface area contributed by atoms with Gasteiger partial charge in [-0.2, -0.15) is 0 Å². The minimum atomic E-state index is -0.445. The van der Waals surface area contributed by atoms with Crippen molar-refractivity contribution in [3.05, 3.63) is 35.4 Å². The van der Waals surface area contributed by atoms with Crippen LogP contribution in [0.1, 0.15) is 31.9 Å². The molecular weight excluding hydrogens is 481 g/mol. The number of rotatable bonds is 5. The van der Waals surface area contributed by atoms with Gasteiger partial charge in [-0.05, 0) is 38.8 Å².